The minimum Gasteiger partial charge on any atom is -0.469 e. The molecule has 0 unspecified atom stereocenters. The standard InChI is InChI=1S/C13H18FN3O2/c1-3-4-5-10-11(14)12(16-8-15-10)17-6-9(7-17)13(18)19-2/h8-9H,3-7H2,1-2H3. The summed E-state index contributed by atoms with van der Waals surface area (Å²) in [5.41, 5.74) is 0.452. The maximum Gasteiger partial charge on any atom is 0.312 e. The Morgan fingerprint density at radius 2 is 2.26 bits per heavy atom. The largest absolute Gasteiger partial charge is 0.469 e. The molecule has 104 valence electrons. The maximum absolute atomic E-state index is 14.2. The third-order valence-corrected chi connectivity index (χ3v) is 3.33. The van der Waals surface area contributed by atoms with Gasteiger partial charge in [-0.3, -0.25) is 4.79 Å². The molecule has 0 N–H and O–H groups in total. The molecule has 1 aliphatic rings. The average molecular weight is 267 g/mol. The Morgan fingerprint density at radius 3 is 2.89 bits per heavy atom. The molecule has 1 fully saturated rings. The second-order valence-electron chi connectivity index (χ2n) is 4.69. The van der Waals surface area contributed by atoms with E-state index in [1.54, 1.807) is 4.90 Å². The number of carbonyl (C=O) groups excluding carboxylic acids is 1. The zero-order valence-corrected chi connectivity index (χ0v) is 11.2. The molecule has 1 saturated heterocycles. The molecule has 0 atom stereocenters. The number of halogens is 1. The van der Waals surface area contributed by atoms with E-state index in [1.165, 1.54) is 13.4 Å². The molecular formula is C13H18FN3O2. The molecule has 2 heterocycles. The molecule has 0 amide bonds. The number of anilines is 1. The first-order valence-electron chi connectivity index (χ1n) is 6.49. The lowest BCUT2D eigenvalue weighted by molar-refractivity contribution is -0.146. The summed E-state index contributed by atoms with van der Waals surface area (Å²) in [4.78, 5) is 21.0. The van der Waals surface area contributed by atoms with Crippen LogP contribution < -0.4 is 4.90 Å². The van der Waals surface area contributed by atoms with Crippen LogP contribution in [0.15, 0.2) is 6.33 Å². The molecule has 0 radical (unpaired) electrons. The van der Waals surface area contributed by atoms with Gasteiger partial charge in [0.25, 0.3) is 0 Å². The molecule has 1 aliphatic heterocycles. The molecule has 5 nitrogen and oxygen atoms in total. The highest BCUT2D eigenvalue weighted by atomic mass is 19.1. The number of esters is 1. The van der Waals surface area contributed by atoms with E-state index in [0.29, 0.717) is 31.0 Å². The second kappa shape index (κ2) is 5.95. The number of methoxy groups -OCH3 is 1. The monoisotopic (exact) mass is 267 g/mol. The summed E-state index contributed by atoms with van der Waals surface area (Å²) in [5.74, 6) is -0.504. The van der Waals surface area contributed by atoms with Crippen molar-refractivity contribution >= 4 is 11.8 Å². The lowest BCUT2D eigenvalue weighted by Gasteiger charge is -2.38. The Bertz CT molecular complexity index is 461. The average Bonchev–Trinajstić information content (AvgIpc) is 2.37. The van der Waals surface area contributed by atoms with Gasteiger partial charge in [-0.15, -0.1) is 0 Å². The molecular weight excluding hydrogens is 249 g/mol. The Labute approximate surface area is 111 Å². The number of rotatable bonds is 5. The molecule has 0 bridgehead atoms. The lowest BCUT2D eigenvalue weighted by atomic mass is 10.0. The van der Waals surface area contributed by atoms with E-state index in [4.69, 9.17) is 0 Å². The van der Waals surface area contributed by atoms with Gasteiger partial charge < -0.3 is 9.64 Å². The maximum atomic E-state index is 14.2. The van der Waals surface area contributed by atoms with Crippen LogP contribution in [-0.2, 0) is 16.0 Å². The van der Waals surface area contributed by atoms with Crippen LogP contribution in [0, 0.1) is 11.7 Å². The van der Waals surface area contributed by atoms with Crippen molar-refractivity contribution < 1.29 is 13.9 Å². The predicted molar refractivity (Wildman–Crippen MR) is 68.3 cm³/mol. The lowest BCUT2D eigenvalue weighted by Crippen LogP contribution is -2.51. The topological polar surface area (TPSA) is 55.3 Å². The van der Waals surface area contributed by atoms with Crippen LogP contribution in [0.5, 0.6) is 0 Å². The van der Waals surface area contributed by atoms with Crippen molar-refractivity contribution in [1.29, 1.82) is 0 Å². The zero-order valence-electron chi connectivity index (χ0n) is 11.2. The fraction of sp³-hybridized carbons (Fsp3) is 0.615. The van der Waals surface area contributed by atoms with E-state index in [0.717, 1.165) is 12.8 Å². The third-order valence-electron chi connectivity index (χ3n) is 3.33. The van der Waals surface area contributed by atoms with Crippen LogP contribution in [0.4, 0.5) is 10.2 Å². The van der Waals surface area contributed by atoms with E-state index < -0.39 is 0 Å². The van der Waals surface area contributed by atoms with Crippen molar-refractivity contribution in [1.82, 2.24) is 9.97 Å². The van der Waals surface area contributed by atoms with Crippen LogP contribution in [0.25, 0.3) is 0 Å². The highest BCUT2D eigenvalue weighted by Crippen LogP contribution is 2.27. The van der Waals surface area contributed by atoms with Crippen LogP contribution in [0.3, 0.4) is 0 Å². The minimum atomic E-state index is -0.362. The van der Waals surface area contributed by atoms with Gasteiger partial charge in [-0.2, -0.15) is 0 Å². The summed E-state index contributed by atoms with van der Waals surface area (Å²) in [6.07, 6.45) is 3.89. The van der Waals surface area contributed by atoms with Gasteiger partial charge in [0.1, 0.15) is 6.33 Å². The summed E-state index contributed by atoms with van der Waals surface area (Å²) in [7, 11) is 1.36. The summed E-state index contributed by atoms with van der Waals surface area (Å²) in [6, 6.07) is 0. The first kappa shape index (κ1) is 13.7. The fourth-order valence-electron chi connectivity index (χ4n) is 2.10. The summed E-state index contributed by atoms with van der Waals surface area (Å²) in [6.45, 7) is 2.96. The van der Waals surface area contributed by atoms with Gasteiger partial charge in [-0.25, -0.2) is 14.4 Å². The minimum absolute atomic E-state index is 0.182. The number of unbranched alkanes of at least 4 members (excludes halogenated alkanes) is 1. The molecule has 0 aliphatic carbocycles. The van der Waals surface area contributed by atoms with Crippen LogP contribution in [0.2, 0.25) is 0 Å². The van der Waals surface area contributed by atoms with E-state index in [-0.39, 0.29) is 17.7 Å². The van der Waals surface area contributed by atoms with Crippen molar-refractivity contribution in [3.63, 3.8) is 0 Å². The van der Waals surface area contributed by atoms with Gasteiger partial charge >= 0.3 is 5.97 Å². The fourth-order valence-corrected chi connectivity index (χ4v) is 2.10. The van der Waals surface area contributed by atoms with Crippen molar-refractivity contribution in [3.8, 4) is 0 Å². The molecule has 2 rings (SSSR count). The van der Waals surface area contributed by atoms with E-state index >= 15 is 0 Å². The predicted octanol–water partition coefficient (Wildman–Crippen LogP) is 1.57. The van der Waals surface area contributed by atoms with Crippen molar-refractivity contribution in [2.75, 3.05) is 25.1 Å². The number of aromatic nitrogens is 2. The van der Waals surface area contributed by atoms with Crippen LogP contribution >= 0.6 is 0 Å². The quantitative estimate of drug-likeness (QED) is 0.758. The van der Waals surface area contributed by atoms with Gasteiger partial charge in [-0.05, 0) is 12.8 Å². The Hall–Kier alpha value is -1.72. The van der Waals surface area contributed by atoms with E-state index in [2.05, 4.69) is 21.6 Å². The summed E-state index contributed by atoms with van der Waals surface area (Å²) < 4.78 is 18.8. The smallest absolute Gasteiger partial charge is 0.312 e. The zero-order chi connectivity index (χ0) is 13.8. The Morgan fingerprint density at radius 1 is 1.53 bits per heavy atom. The highest BCUT2D eigenvalue weighted by molar-refractivity contribution is 5.76. The van der Waals surface area contributed by atoms with Gasteiger partial charge in [0.15, 0.2) is 11.6 Å². The number of hydrogen-bond donors (Lipinski definition) is 0. The highest BCUT2D eigenvalue weighted by Gasteiger charge is 2.36. The number of hydrogen-bond acceptors (Lipinski definition) is 5. The number of aryl methyl sites for hydroxylation is 1. The molecule has 1 aromatic rings. The first-order chi connectivity index (χ1) is 9.17. The summed E-state index contributed by atoms with van der Waals surface area (Å²) >= 11 is 0. The van der Waals surface area contributed by atoms with Crippen LogP contribution in [0.1, 0.15) is 25.5 Å². The van der Waals surface area contributed by atoms with E-state index in [1.807, 2.05) is 0 Å². The normalized spacial score (nSPS) is 15.2. The van der Waals surface area contributed by atoms with Crippen molar-refractivity contribution in [3.05, 3.63) is 17.8 Å². The molecule has 0 spiro atoms. The SMILES string of the molecule is CCCCc1ncnc(N2CC(C(=O)OC)C2)c1F. The van der Waals surface area contributed by atoms with Gasteiger partial charge in [0.2, 0.25) is 0 Å². The number of nitrogens with zero attached hydrogens (tertiary/aromatic N) is 3. The summed E-state index contributed by atoms with van der Waals surface area (Å²) in [5, 5.41) is 0. The molecule has 6 heteroatoms. The van der Waals surface area contributed by atoms with Crippen molar-refractivity contribution in [2.45, 2.75) is 26.2 Å². The molecule has 1 aromatic heterocycles. The molecule has 19 heavy (non-hydrogen) atoms. The number of carbonyl (C=O) groups is 1. The Balaban J connectivity index is 2.04. The van der Waals surface area contributed by atoms with Gasteiger partial charge in [0.05, 0.1) is 18.7 Å². The van der Waals surface area contributed by atoms with Crippen molar-refractivity contribution in [2.24, 2.45) is 5.92 Å². The molecule has 0 saturated carbocycles. The van der Waals surface area contributed by atoms with Crippen LogP contribution in [-0.4, -0.2) is 36.1 Å². The first-order valence-corrected chi connectivity index (χ1v) is 6.49. The van der Waals surface area contributed by atoms with Gasteiger partial charge in [-0.1, -0.05) is 13.3 Å². The van der Waals surface area contributed by atoms with Gasteiger partial charge in [0, 0.05) is 13.1 Å². The number of ether oxygens (including phenoxy) is 1. The third kappa shape index (κ3) is 2.83. The van der Waals surface area contributed by atoms with E-state index in [9.17, 15) is 9.18 Å². The Kier molecular flexibility index (Phi) is 4.29. The molecule has 0 aromatic carbocycles. The second-order valence-corrected chi connectivity index (χ2v) is 4.69.